The summed E-state index contributed by atoms with van der Waals surface area (Å²) >= 11 is 0. The molecule has 0 bridgehead atoms. The van der Waals surface area contributed by atoms with Gasteiger partial charge in [0.05, 0.1) is 6.10 Å². The molecule has 1 aliphatic rings. The molecule has 21 heavy (non-hydrogen) atoms. The van der Waals surface area contributed by atoms with Gasteiger partial charge in [-0.2, -0.15) is 15.0 Å². The van der Waals surface area contributed by atoms with Crippen LogP contribution < -0.4 is 10.6 Å². The zero-order valence-electron chi connectivity index (χ0n) is 12.2. The third kappa shape index (κ3) is 3.10. The molecule has 0 saturated carbocycles. The van der Waals surface area contributed by atoms with Crippen molar-refractivity contribution in [1.29, 1.82) is 0 Å². The van der Waals surface area contributed by atoms with Crippen LogP contribution in [0.2, 0.25) is 0 Å². The fraction of sp³-hybridized carbons (Fsp3) is 0.538. The molecule has 1 aliphatic heterocycles. The number of anilines is 2. The monoisotopic (exact) mass is 289 g/mol. The summed E-state index contributed by atoms with van der Waals surface area (Å²) in [5, 5.41) is 6.22. The van der Waals surface area contributed by atoms with Gasteiger partial charge in [-0.05, 0) is 13.3 Å². The molecular weight excluding hydrogens is 270 g/mol. The highest BCUT2D eigenvalue weighted by Gasteiger charge is 2.24. The number of aromatic nitrogens is 5. The van der Waals surface area contributed by atoms with E-state index in [0.717, 1.165) is 19.6 Å². The predicted molar refractivity (Wildman–Crippen MR) is 78.5 cm³/mol. The van der Waals surface area contributed by atoms with E-state index in [4.69, 9.17) is 4.74 Å². The van der Waals surface area contributed by atoms with Gasteiger partial charge in [0.25, 0.3) is 0 Å². The van der Waals surface area contributed by atoms with Gasteiger partial charge < -0.3 is 15.4 Å². The lowest BCUT2D eigenvalue weighted by Crippen LogP contribution is -2.22. The number of hydrogen-bond donors (Lipinski definition) is 2. The molecule has 2 aromatic rings. The van der Waals surface area contributed by atoms with Crippen molar-refractivity contribution < 1.29 is 4.74 Å². The van der Waals surface area contributed by atoms with E-state index in [0.29, 0.717) is 23.8 Å². The van der Waals surface area contributed by atoms with Crippen molar-refractivity contribution in [2.75, 3.05) is 30.8 Å². The zero-order chi connectivity index (χ0) is 14.7. The minimum absolute atomic E-state index is 0.274. The molecule has 2 unspecified atom stereocenters. The maximum Gasteiger partial charge on any atom is 0.241 e. The van der Waals surface area contributed by atoms with E-state index in [-0.39, 0.29) is 6.10 Å². The van der Waals surface area contributed by atoms with Crippen molar-refractivity contribution in [3.05, 3.63) is 18.7 Å². The molecule has 8 nitrogen and oxygen atoms in total. The second-order valence-corrected chi connectivity index (χ2v) is 5.01. The summed E-state index contributed by atoms with van der Waals surface area (Å²) in [6.07, 6.45) is 6.48. The highest BCUT2D eigenvalue weighted by atomic mass is 16.5. The second kappa shape index (κ2) is 6.04. The number of rotatable bonds is 5. The smallest absolute Gasteiger partial charge is 0.241 e. The fourth-order valence-corrected chi connectivity index (χ4v) is 2.32. The summed E-state index contributed by atoms with van der Waals surface area (Å²) in [4.78, 5) is 17.1. The van der Waals surface area contributed by atoms with E-state index < -0.39 is 0 Å². The van der Waals surface area contributed by atoms with Crippen LogP contribution >= 0.6 is 0 Å². The van der Waals surface area contributed by atoms with Gasteiger partial charge in [0.1, 0.15) is 6.33 Å². The average molecular weight is 289 g/mol. The van der Waals surface area contributed by atoms with Gasteiger partial charge in [-0.1, -0.05) is 0 Å². The lowest BCUT2D eigenvalue weighted by Gasteiger charge is -2.15. The van der Waals surface area contributed by atoms with Crippen LogP contribution in [0.3, 0.4) is 0 Å². The van der Waals surface area contributed by atoms with Crippen LogP contribution in [0.15, 0.2) is 18.7 Å². The van der Waals surface area contributed by atoms with Crippen molar-refractivity contribution in [3.63, 3.8) is 0 Å². The third-order valence-electron chi connectivity index (χ3n) is 3.64. The molecule has 2 aromatic heterocycles. The van der Waals surface area contributed by atoms with E-state index in [2.05, 4.69) is 37.5 Å². The largest absolute Gasteiger partial charge is 0.378 e. The van der Waals surface area contributed by atoms with Gasteiger partial charge >= 0.3 is 0 Å². The quantitative estimate of drug-likeness (QED) is 0.846. The topological polar surface area (TPSA) is 89.8 Å². The Balaban J connectivity index is 1.76. The minimum Gasteiger partial charge on any atom is -0.378 e. The van der Waals surface area contributed by atoms with Crippen molar-refractivity contribution in [3.8, 4) is 5.95 Å². The highest BCUT2D eigenvalue weighted by Crippen LogP contribution is 2.20. The standard InChI is InChI=1S/C13H19N7O/c1-9-10(3-6-21-9)7-16-12-17-11(14-2)18-13(19-12)20-5-4-15-8-20/h4-5,8-10H,3,6-7H2,1-2H3,(H2,14,16,17,18,19). The lowest BCUT2D eigenvalue weighted by molar-refractivity contribution is 0.108. The van der Waals surface area contributed by atoms with Crippen molar-refractivity contribution in [2.24, 2.45) is 5.92 Å². The highest BCUT2D eigenvalue weighted by molar-refractivity contribution is 5.37. The molecule has 0 radical (unpaired) electrons. The first kappa shape index (κ1) is 13.7. The Morgan fingerprint density at radius 3 is 2.86 bits per heavy atom. The number of nitrogens with zero attached hydrogens (tertiary/aromatic N) is 5. The van der Waals surface area contributed by atoms with Crippen LogP contribution in [0.5, 0.6) is 0 Å². The van der Waals surface area contributed by atoms with E-state index in [1.165, 1.54) is 0 Å². The molecular formula is C13H19N7O. The van der Waals surface area contributed by atoms with Crippen LogP contribution in [0, 0.1) is 5.92 Å². The zero-order valence-corrected chi connectivity index (χ0v) is 12.2. The molecule has 0 aromatic carbocycles. The number of imidazole rings is 1. The Bertz CT molecular complexity index is 586. The van der Waals surface area contributed by atoms with Crippen molar-refractivity contribution >= 4 is 11.9 Å². The minimum atomic E-state index is 0.274. The third-order valence-corrected chi connectivity index (χ3v) is 3.64. The molecule has 8 heteroatoms. The Kier molecular flexibility index (Phi) is 3.96. The molecule has 3 rings (SSSR count). The maximum atomic E-state index is 5.56. The lowest BCUT2D eigenvalue weighted by atomic mass is 10.0. The number of nitrogens with one attached hydrogen (secondary N) is 2. The normalized spacial score (nSPS) is 21.4. The molecule has 0 aliphatic carbocycles. The van der Waals surface area contributed by atoms with Gasteiger partial charge in [-0.25, -0.2) is 4.98 Å². The summed E-state index contributed by atoms with van der Waals surface area (Å²) in [6, 6.07) is 0. The summed E-state index contributed by atoms with van der Waals surface area (Å²) in [7, 11) is 1.78. The second-order valence-electron chi connectivity index (χ2n) is 5.01. The van der Waals surface area contributed by atoms with E-state index >= 15 is 0 Å². The van der Waals surface area contributed by atoms with E-state index in [9.17, 15) is 0 Å². The van der Waals surface area contributed by atoms with E-state index in [1.54, 1.807) is 30.3 Å². The first-order valence-electron chi connectivity index (χ1n) is 7.04. The van der Waals surface area contributed by atoms with Crippen LogP contribution in [-0.4, -0.2) is 50.8 Å². The van der Waals surface area contributed by atoms with Crippen molar-refractivity contribution in [2.45, 2.75) is 19.4 Å². The molecule has 2 N–H and O–H groups in total. The van der Waals surface area contributed by atoms with Gasteiger partial charge in [0.2, 0.25) is 17.8 Å². The fourth-order valence-electron chi connectivity index (χ4n) is 2.32. The Morgan fingerprint density at radius 1 is 1.33 bits per heavy atom. The number of hydrogen-bond acceptors (Lipinski definition) is 7. The van der Waals surface area contributed by atoms with Crippen LogP contribution in [-0.2, 0) is 4.74 Å². The average Bonchev–Trinajstić information content (AvgIpc) is 3.16. The van der Waals surface area contributed by atoms with Crippen LogP contribution in [0.1, 0.15) is 13.3 Å². The van der Waals surface area contributed by atoms with Gasteiger partial charge in [0.15, 0.2) is 0 Å². The summed E-state index contributed by atoms with van der Waals surface area (Å²) in [5.74, 6) is 2.09. The molecule has 0 amide bonds. The van der Waals surface area contributed by atoms with Crippen LogP contribution in [0.4, 0.5) is 11.9 Å². The summed E-state index contributed by atoms with van der Waals surface area (Å²) in [6.45, 7) is 3.72. The molecule has 0 spiro atoms. The Labute approximate surface area is 123 Å². The predicted octanol–water partition coefficient (Wildman–Crippen LogP) is 0.936. The molecule has 3 heterocycles. The maximum absolute atomic E-state index is 5.56. The molecule has 112 valence electrons. The molecule has 1 saturated heterocycles. The molecule has 2 atom stereocenters. The van der Waals surface area contributed by atoms with Gasteiger partial charge in [-0.15, -0.1) is 0 Å². The Morgan fingerprint density at radius 2 is 2.19 bits per heavy atom. The summed E-state index contributed by atoms with van der Waals surface area (Å²) in [5.41, 5.74) is 0. The van der Waals surface area contributed by atoms with Crippen LogP contribution in [0.25, 0.3) is 5.95 Å². The number of ether oxygens (including phenoxy) is 1. The Hall–Kier alpha value is -2.22. The van der Waals surface area contributed by atoms with E-state index in [1.807, 2.05) is 0 Å². The van der Waals surface area contributed by atoms with Gasteiger partial charge in [0, 0.05) is 38.5 Å². The van der Waals surface area contributed by atoms with Gasteiger partial charge in [-0.3, -0.25) is 4.57 Å². The SMILES string of the molecule is CNc1nc(NCC2CCOC2C)nc(-n2ccnc2)n1. The summed E-state index contributed by atoms with van der Waals surface area (Å²) < 4.78 is 7.31. The molecule has 1 fully saturated rings. The first-order valence-corrected chi connectivity index (χ1v) is 7.04. The first-order chi connectivity index (χ1) is 10.3. The van der Waals surface area contributed by atoms with Crippen molar-refractivity contribution in [1.82, 2.24) is 24.5 Å².